The first-order valence-electron chi connectivity index (χ1n) is 10.7. The Morgan fingerprint density at radius 1 is 0.862 bits per heavy atom. The SMILES string of the molecule is O=C(CN1CCN(c2ccccc2F)CC1)N1CCC(Cc2ccccc2)CC1. The number of halogens is 1. The first kappa shape index (κ1) is 19.9. The van der Waals surface area contributed by atoms with Gasteiger partial charge in [-0.05, 0) is 42.9 Å². The maximum Gasteiger partial charge on any atom is 0.236 e. The van der Waals surface area contributed by atoms with Gasteiger partial charge in [0.25, 0.3) is 0 Å². The number of hydrogen-bond donors (Lipinski definition) is 0. The summed E-state index contributed by atoms with van der Waals surface area (Å²) >= 11 is 0. The van der Waals surface area contributed by atoms with Crippen LogP contribution < -0.4 is 4.90 Å². The van der Waals surface area contributed by atoms with Gasteiger partial charge in [-0.3, -0.25) is 9.69 Å². The molecule has 0 unspecified atom stereocenters. The molecular weight excluding hydrogens is 365 g/mol. The Bertz CT molecular complexity index is 797. The Balaban J connectivity index is 1.20. The van der Waals surface area contributed by atoms with Crippen molar-refractivity contribution >= 4 is 11.6 Å². The van der Waals surface area contributed by atoms with E-state index in [1.54, 1.807) is 6.07 Å². The van der Waals surface area contributed by atoms with Crippen LogP contribution in [0.15, 0.2) is 54.6 Å². The lowest BCUT2D eigenvalue weighted by atomic mass is 9.90. The Morgan fingerprint density at radius 2 is 1.52 bits per heavy atom. The van der Waals surface area contributed by atoms with Crippen molar-refractivity contribution in [3.05, 3.63) is 66.0 Å². The van der Waals surface area contributed by atoms with Crippen molar-refractivity contribution in [2.24, 2.45) is 5.92 Å². The number of rotatable bonds is 5. The predicted octanol–water partition coefficient (Wildman–Crippen LogP) is 3.43. The van der Waals surface area contributed by atoms with Gasteiger partial charge in [0.2, 0.25) is 5.91 Å². The van der Waals surface area contributed by atoms with Crippen LogP contribution in [-0.2, 0) is 11.2 Å². The zero-order valence-corrected chi connectivity index (χ0v) is 17.0. The third-order valence-electron chi connectivity index (χ3n) is 6.26. The van der Waals surface area contributed by atoms with E-state index in [4.69, 9.17) is 0 Å². The van der Waals surface area contributed by atoms with E-state index in [1.165, 1.54) is 11.6 Å². The fraction of sp³-hybridized carbons (Fsp3) is 0.458. The standard InChI is InChI=1S/C24H30FN3O/c25-22-8-4-5-9-23(22)27-16-14-26(15-17-27)19-24(29)28-12-10-21(11-13-28)18-20-6-2-1-3-7-20/h1-9,21H,10-19H2. The average molecular weight is 396 g/mol. The predicted molar refractivity (Wildman–Crippen MR) is 115 cm³/mol. The van der Waals surface area contributed by atoms with Crippen molar-refractivity contribution in [2.75, 3.05) is 50.7 Å². The maximum atomic E-state index is 14.0. The lowest BCUT2D eigenvalue weighted by molar-refractivity contribution is -0.133. The molecule has 0 atom stereocenters. The number of benzene rings is 2. The molecule has 0 saturated carbocycles. The average Bonchev–Trinajstić information content (AvgIpc) is 2.76. The van der Waals surface area contributed by atoms with Gasteiger partial charge in [0, 0.05) is 39.3 Å². The third kappa shape index (κ3) is 5.15. The van der Waals surface area contributed by atoms with Gasteiger partial charge in [-0.25, -0.2) is 4.39 Å². The zero-order valence-electron chi connectivity index (χ0n) is 17.0. The molecule has 29 heavy (non-hydrogen) atoms. The Hall–Kier alpha value is -2.40. The molecule has 4 nitrogen and oxygen atoms in total. The second-order valence-corrected chi connectivity index (χ2v) is 8.23. The van der Waals surface area contributed by atoms with E-state index in [1.807, 2.05) is 17.0 Å². The highest BCUT2D eigenvalue weighted by molar-refractivity contribution is 5.78. The largest absolute Gasteiger partial charge is 0.367 e. The lowest BCUT2D eigenvalue weighted by Crippen LogP contribution is -2.51. The van der Waals surface area contributed by atoms with Gasteiger partial charge in [0.15, 0.2) is 0 Å². The molecule has 0 radical (unpaired) electrons. The van der Waals surface area contributed by atoms with Gasteiger partial charge >= 0.3 is 0 Å². The summed E-state index contributed by atoms with van der Waals surface area (Å²) in [5, 5.41) is 0. The highest BCUT2D eigenvalue weighted by Gasteiger charge is 2.26. The number of piperidine rings is 1. The molecular formula is C24H30FN3O. The highest BCUT2D eigenvalue weighted by Crippen LogP contribution is 2.23. The number of carbonyl (C=O) groups excluding carboxylic acids is 1. The Kier molecular flexibility index (Phi) is 6.45. The molecule has 0 aliphatic carbocycles. The van der Waals surface area contributed by atoms with Crippen LogP contribution >= 0.6 is 0 Å². The molecule has 2 aliphatic rings. The molecule has 2 aromatic rings. The molecule has 0 bridgehead atoms. The van der Waals surface area contributed by atoms with Crippen LogP contribution in [0.4, 0.5) is 10.1 Å². The Morgan fingerprint density at radius 3 is 2.21 bits per heavy atom. The number of nitrogens with zero attached hydrogens (tertiary/aromatic N) is 3. The summed E-state index contributed by atoms with van der Waals surface area (Å²) in [6.07, 6.45) is 3.28. The maximum absolute atomic E-state index is 14.0. The van der Waals surface area contributed by atoms with Crippen LogP contribution in [0.2, 0.25) is 0 Å². The molecule has 154 valence electrons. The van der Waals surface area contributed by atoms with Gasteiger partial charge in [0.1, 0.15) is 5.82 Å². The van der Waals surface area contributed by atoms with E-state index in [-0.39, 0.29) is 11.7 Å². The number of carbonyl (C=O) groups is 1. The summed E-state index contributed by atoms with van der Waals surface area (Å²) in [6.45, 7) is 5.32. The topological polar surface area (TPSA) is 26.8 Å². The van der Waals surface area contributed by atoms with Crippen molar-refractivity contribution in [2.45, 2.75) is 19.3 Å². The second kappa shape index (κ2) is 9.40. The summed E-state index contributed by atoms with van der Waals surface area (Å²) < 4.78 is 14.0. The molecule has 1 amide bonds. The van der Waals surface area contributed by atoms with Gasteiger partial charge < -0.3 is 9.80 Å². The fourth-order valence-electron chi connectivity index (χ4n) is 4.48. The molecule has 0 aromatic heterocycles. The number of likely N-dealkylation sites (tertiary alicyclic amines) is 1. The van der Waals surface area contributed by atoms with Crippen LogP contribution in [0.1, 0.15) is 18.4 Å². The van der Waals surface area contributed by atoms with Gasteiger partial charge in [-0.2, -0.15) is 0 Å². The minimum atomic E-state index is -0.171. The quantitative estimate of drug-likeness (QED) is 0.776. The smallest absolute Gasteiger partial charge is 0.236 e. The minimum Gasteiger partial charge on any atom is -0.367 e. The van der Waals surface area contributed by atoms with Crippen LogP contribution in [0.5, 0.6) is 0 Å². The van der Waals surface area contributed by atoms with E-state index in [0.29, 0.717) is 18.2 Å². The normalized spacial score (nSPS) is 18.8. The van der Waals surface area contributed by atoms with Gasteiger partial charge in [-0.1, -0.05) is 42.5 Å². The molecule has 2 saturated heterocycles. The van der Waals surface area contributed by atoms with E-state index in [2.05, 4.69) is 40.1 Å². The van der Waals surface area contributed by atoms with Crippen LogP contribution in [0.25, 0.3) is 0 Å². The summed E-state index contributed by atoms with van der Waals surface area (Å²) in [5.74, 6) is 0.740. The molecule has 2 aliphatic heterocycles. The van der Waals surface area contributed by atoms with Crippen LogP contribution in [0, 0.1) is 11.7 Å². The van der Waals surface area contributed by atoms with Crippen LogP contribution in [-0.4, -0.2) is 61.5 Å². The molecule has 2 aromatic carbocycles. The molecule has 4 rings (SSSR count). The monoisotopic (exact) mass is 395 g/mol. The zero-order chi connectivity index (χ0) is 20.1. The number of para-hydroxylation sites is 1. The summed E-state index contributed by atoms with van der Waals surface area (Å²) in [7, 11) is 0. The summed E-state index contributed by atoms with van der Waals surface area (Å²) in [4.78, 5) is 19.1. The molecule has 0 N–H and O–H groups in total. The van der Waals surface area contributed by atoms with Crippen molar-refractivity contribution in [3.63, 3.8) is 0 Å². The second-order valence-electron chi connectivity index (χ2n) is 8.23. The number of amides is 1. The van der Waals surface area contributed by atoms with E-state index < -0.39 is 0 Å². The van der Waals surface area contributed by atoms with E-state index in [9.17, 15) is 9.18 Å². The van der Waals surface area contributed by atoms with Crippen LogP contribution in [0.3, 0.4) is 0 Å². The number of hydrogen-bond acceptors (Lipinski definition) is 3. The fourth-order valence-corrected chi connectivity index (χ4v) is 4.48. The first-order valence-corrected chi connectivity index (χ1v) is 10.7. The highest BCUT2D eigenvalue weighted by atomic mass is 19.1. The molecule has 2 heterocycles. The minimum absolute atomic E-state index is 0.171. The molecule has 0 spiro atoms. The molecule has 2 fully saturated rings. The van der Waals surface area contributed by atoms with Crippen molar-refractivity contribution in [1.82, 2.24) is 9.80 Å². The van der Waals surface area contributed by atoms with Crippen molar-refractivity contribution in [3.8, 4) is 0 Å². The molecule has 5 heteroatoms. The van der Waals surface area contributed by atoms with Crippen molar-refractivity contribution < 1.29 is 9.18 Å². The lowest BCUT2D eigenvalue weighted by Gasteiger charge is -2.38. The number of piperazine rings is 1. The number of anilines is 1. The van der Waals surface area contributed by atoms with Gasteiger partial charge in [0.05, 0.1) is 12.2 Å². The summed E-state index contributed by atoms with van der Waals surface area (Å²) in [5.41, 5.74) is 2.06. The van der Waals surface area contributed by atoms with Crippen molar-refractivity contribution in [1.29, 1.82) is 0 Å². The third-order valence-corrected chi connectivity index (χ3v) is 6.26. The van der Waals surface area contributed by atoms with E-state index in [0.717, 1.165) is 58.5 Å². The van der Waals surface area contributed by atoms with E-state index >= 15 is 0 Å². The first-order chi connectivity index (χ1) is 14.2. The Labute approximate surface area is 172 Å². The summed E-state index contributed by atoms with van der Waals surface area (Å²) in [6, 6.07) is 17.6. The van der Waals surface area contributed by atoms with Gasteiger partial charge in [-0.15, -0.1) is 0 Å².